The van der Waals surface area contributed by atoms with Crippen molar-refractivity contribution in [3.8, 4) is 5.69 Å². The fourth-order valence-electron chi connectivity index (χ4n) is 1.02. The van der Waals surface area contributed by atoms with Crippen LogP contribution in [0.3, 0.4) is 0 Å². The predicted molar refractivity (Wildman–Crippen MR) is 45.8 cm³/mol. The van der Waals surface area contributed by atoms with Crippen LogP contribution >= 0.6 is 0 Å². The van der Waals surface area contributed by atoms with Gasteiger partial charge in [0.05, 0.1) is 5.69 Å². The summed E-state index contributed by atoms with van der Waals surface area (Å²) < 4.78 is 1.58. The molecule has 0 saturated heterocycles. The SMILES string of the molecule is Nc1ncnn1-c1ccccc1. The van der Waals surface area contributed by atoms with Crippen molar-refractivity contribution in [1.29, 1.82) is 0 Å². The minimum Gasteiger partial charge on any atom is -0.368 e. The van der Waals surface area contributed by atoms with Crippen LogP contribution in [0.2, 0.25) is 0 Å². The third-order valence-corrected chi connectivity index (χ3v) is 1.57. The molecule has 1 aromatic heterocycles. The average Bonchev–Trinajstić information content (AvgIpc) is 2.53. The Morgan fingerprint density at radius 1 is 1.17 bits per heavy atom. The Kier molecular flexibility index (Phi) is 1.51. The smallest absolute Gasteiger partial charge is 0.223 e. The van der Waals surface area contributed by atoms with Gasteiger partial charge in [0, 0.05) is 0 Å². The lowest BCUT2D eigenvalue weighted by molar-refractivity contribution is 0.891. The first-order valence-corrected chi connectivity index (χ1v) is 3.59. The topological polar surface area (TPSA) is 56.7 Å². The van der Waals surface area contributed by atoms with Gasteiger partial charge in [0.15, 0.2) is 0 Å². The molecule has 60 valence electrons. The third kappa shape index (κ3) is 1.03. The summed E-state index contributed by atoms with van der Waals surface area (Å²) in [6.45, 7) is 0. The molecule has 0 saturated carbocycles. The van der Waals surface area contributed by atoms with Gasteiger partial charge in [-0.25, -0.2) is 0 Å². The molecule has 0 atom stereocenters. The Balaban J connectivity index is 2.51. The molecule has 1 aromatic carbocycles. The van der Waals surface area contributed by atoms with Crippen molar-refractivity contribution in [3.05, 3.63) is 36.7 Å². The highest BCUT2D eigenvalue weighted by molar-refractivity contribution is 5.36. The molecule has 0 aliphatic carbocycles. The Bertz CT molecular complexity index is 366. The largest absolute Gasteiger partial charge is 0.368 e. The third-order valence-electron chi connectivity index (χ3n) is 1.57. The second-order valence-electron chi connectivity index (χ2n) is 2.37. The second kappa shape index (κ2) is 2.65. The van der Waals surface area contributed by atoms with Crippen molar-refractivity contribution in [1.82, 2.24) is 14.8 Å². The van der Waals surface area contributed by atoms with Crippen LogP contribution in [0.5, 0.6) is 0 Å². The summed E-state index contributed by atoms with van der Waals surface area (Å²) in [5, 5.41) is 3.97. The van der Waals surface area contributed by atoms with Crippen LogP contribution in [0, 0.1) is 0 Å². The monoisotopic (exact) mass is 160 g/mol. The summed E-state index contributed by atoms with van der Waals surface area (Å²) in [5.74, 6) is 0.404. The molecule has 4 nitrogen and oxygen atoms in total. The Morgan fingerprint density at radius 3 is 2.50 bits per heavy atom. The molecule has 2 rings (SSSR count). The number of nitrogens with two attached hydrogens (primary N) is 1. The van der Waals surface area contributed by atoms with Gasteiger partial charge in [-0.2, -0.15) is 14.8 Å². The number of benzene rings is 1. The highest BCUT2D eigenvalue weighted by Gasteiger charge is 1.99. The lowest BCUT2D eigenvalue weighted by atomic mass is 10.3. The van der Waals surface area contributed by atoms with Gasteiger partial charge in [0.25, 0.3) is 0 Å². The van der Waals surface area contributed by atoms with Gasteiger partial charge in [-0.3, -0.25) is 0 Å². The van der Waals surface area contributed by atoms with E-state index < -0.39 is 0 Å². The van der Waals surface area contributed by atoms with E-state index in [9.17, 15) is 0 Å². The Hall–Kier alpha value is -1.84. The average molecular weight is 160 g/mol. The van der Waals surface area contributed by atoms with E-state index in [1.165, 1.54) is 6.33 Å². The molecule has 0 spiro atoms. The lowest BCUT2D eigenvalue weighted by Crippen LogP contribution is -2.01. The molecule has 0 bridgehead atoms. The number of nitrogens with zero attached hydrogens (tertiary/aromatic N) is 3. The van der Waals surface area contributed by atoms with E-state index in [-0.39, 0.29) is 0 Å². The van der Waals surface area contributed by atoms with Gasteiger partial charge in [0.2, 0.25) is 5.95 Å². The minimum atomic E-state index is 0.404. The molecule has 0 radical (unpaired) electrons. The number of rotatable bonds is 1. The Morgan fingerprint density at radius 2 is 1.92 bits per heavy atom. The van der Waals surface area contributed by atoms with Crippen molar-refractivity contribution in [2.45, 2.75) is 0 Å². The van der Waals surface area contributed by atoms with Gasteiger partial charge in [-0.05, 0) is 12.1 Å². The van der Waals surface area contributed by atoms with E-state index in [4.69, 9.17) is 5.73 Å². The van der Waals surface area contributed by atoms with Crippen molar-refractivity contribution in [2.24, 2.45) is 0 Å². The van der Waals surface area contributed by atoms with Crippen LogP contribution in [-0.4, -0.2) is 14.8 Å². The molecule has 0 amide bonds. The van der Waals surface area contributed by atoms with Crippen LogP contribution in [0.25, 0.3) is 5.69 Å². The first kappa shape index (κ1) is 6.84. The number of aromatic nitrogens is 3. The summed E-state index contributed by atoms with van der Waals surface area (Å²) in [6.07, 6.45) is 1.43. The van der Waals surface area contributed by atoms with Gasteiger partial charge >= 0.3 is 0 Å². The first-order chi connectivity index (χ1) is 5.88. The van der Waals surface area contributed by atoms with Gasteiger partial charge in [0.1, 0.15) is 6.33 Å². The van der Waals surface area contributed by atoms with Gasteiger partial charge < -0.3 is 5.73 Å². The first-order valence-electron chi connectivity index (χ1n) is 3.59. The maximum Gasteiger partial charge on any atom is 0.223 e. The van der Waals surface area contributed by atoms with Crippen molar-refractivity contribution >= 4 is 5.95 Å². The molecule has 2 N–H and O–H groups in total. The molecular weight excluding hydrogens is 152 g/mol. The number of anilines is 1. The minimum absolute atomic E-state index is 0.404. The highest BCUT2D eigenvalue weighted by atomic mass is 15.4. The molecule has 12 heavy (non-hydrogen) atoms. The summed E-state index contributed by atoms with van der Waals surface area (Å²) in [5.41, 5.74) is 6.49. The van der Waals surface area contributed by atoms with Crippen molar-refractivity contribution in [3.63, 3.8) is 0 Å². The van der Waals surface area contributed by atoms with Crippen molar-refractivity contribution in [2.75, 3.05) is 5.73 Å². The molecule has 0 aliphatic rings. The number of hydrogen-bond donors (Lipinski definition) is 1. The summed E-state index contributed by atoms with van der Waals surface area (Å²) >= 11 is 0. The second-order valence-corrected chi connectivity index (χ2v) is 2.37. The summed E-state index contributed by atoms with van der Waals surface area (Å²) in [6, 6.07) is 9.64. The summed E-state index contributed by atoms with van der Waals surface area (Å²) in [7, 11) is 0. The van der Waals surface area contributed by atoms with E-state index in [0.717, 1.165) is 5.69 Å². The van der Waals surface area contributed by atoms with E-state index in [0.29, 0.717) is 5.95 Å². The molecule has 0 aliphatic heterocycles. The summed E-state index contributed by atoms with van der Waals surface area (Å²) in [4.78, 5) is 3.82. The van der Waals surface area contributed by atoms with E-state index in [2.05, 4.69) is 10.1 Å². The normalized spacial score (nSPS) is 10.0. The highest BCUT2D eigenvalue weighted by Crippen LogP contribution is 2.07. The van der Waals surface area contributed by atoms with Gasteiger partial charge in [-0.1, -0.05) is 18.2 Å². The molecule has 4 heteroatoms. The molecule has 0 fully saturated rings. The van der Waals surface area contributed by atoms with Crippen LogP contribution in [0.15, 0.2) is 36.7 Å². The number of nitrogen functional groups attached to an aromatic ring is 1. The zero-order valence-corrected chi connectivity index (χ0v) is 6.38. The van der Waals surface area contributed by atoms with Crippen LogP contribution in [0.4, 0.5) is 5.95 Å². The fourth-order valence-corrected chi connectivity index (χ4v) is 1.02. The molecular formula is C8H8N4. The van der Waals surface area contributed by atoms with Crippen molar-refractivity contribution < 1.29 is 0 Å². The maximum absolute atomic E-state index is 5.56. The predicted octanol–water partition coefficient (Wildman–Crippen LogP) is 0.849. The zero-order chi connectivity index (χ0) is 8.39. The van der Waals surface area contributed by atoms with Gasteiger partial charge in [-0.15, -0.1) is 0 Å². The molecule has 1 heterocycles. The number of para-hydroxylation sites is 1. The van der Waals surface area contributed by atoms with E-state index >= 15 is 0 Å². The molecule has 0 unspecified atom stereocenters. The van der Waals surface area contributed by atoms with E-state index in [1.807, 2.05) is 30.3 Å². The van der Waals surface area contributed by atoms with Crippen LogP contribution in [0.1, 0.15) is 0 Å². The molecule has 2 aromatic rings. The zero-order valence-electron chi connectivity index (χ0n) is 6.38. The quantitative estimate of drug-likeness (QED) is 0.672. The fraction of sp³-hybridized carbons (Fsp3) is 0. The Labute approximate surface area is 69.7 Å². The maximum atomic E-state index is 5.56. The van der Waals surface area contributed by atoms with Crippen LogP contribution < -0.4 is 5.73 Å². The van der Waals surface area contributed by atoms with E-state index in [1.54, 1.807) is 4.68 Å². The van der Waals surface area contributed by atoms with Crippen LogP contribution in [-0.2, 0) is 0 Å². The number of hydrogen-bond acceptors (Lipinski definition) is 3. The standard InChI is InChI=1S/C8H8N4/c9-8-10-6-11-12(8)7-4-2-1-3-5-7/h1-6H,(H2,9,10,11). The lowest BCUT2D eigenvalue weighted by Gasteiger charge is -2.00.